The Morgan fingerprint density at radius 3 is 2.57 bits per heavy atom. The Bertz CT molecular complexity index is 1190. The maximum atomic E-state index is 13.5. The zero-order chi connectivity index (χ0) is 25.8. The molecular formula is C24H24F2N2O4S3. The topological polar surface area (TPSA) is 75.7 Å². The van der Waals surface area contributed by atoms with Crippen LogP contribution in [0.1, 0.15) is 38.5 Å². The highest BCUT2D eigenvalue weighted by molar-refractivity contribution is 8.26. The molecule has 0 unspecified atom stereocenters. The lowest BCUT2D eigenvalue weighted by Gasteiger charge is -2.19. The van der Waals surface area contributed by atoms with Gasteiger partial charge in [-0.15, -0.1) is 11.3 Å². The molecule has 186 valence electrons. The standard InChI is InChI=1S/C24H24F2N2O4S3/c1-24(2,3)32-21(30)6-8-27-20(29)7-9-28-22(31)19(35-23(28)33)12-16-10-15(13-34-16)14-4-5-17(25)18(26)11-14/h4-5,10-13H,6-9H2,1-3H3,(H,27,29)/b19-12-. The number of hydrogen-bond donors (Lipinski definition) is 1. The van der Waals surface area contributed by atoms with E-state index in [1.165, 1.54) is 22.3 Å². The highest BCUT2D eigenvalue weighted by Gasteiger charge is 2.32. The fourth-order valence-electron chi connectivity index (χ4n) is 3.08. The average Bonchev–Trinajstić information content (AvgIpc) is 3.32. The van der Waals surface area contributed by atoms with Gasteiger partial charge in [0.15, 0.2) is 11.6 Å². The monoisotopic (exact) mass is 538 g/mol. The number of carbonyl (C=O) groups is 3. The molecule has 35 heavy (non-hydrogen) atoms. The molecule has 11 heteroatoms. The lowest BCUT2D eigenvalue weighted by atomic mass is 10.1. The predicted octanol–water partition coefficient (Wildman–Crippen LogP) is 5.13. The van der Waals surface area contributed by atoms with Gasteiger partial charge < -0.3 is 10.1 Å². The van der Waals surface area contributed by atoms with Crippen molar-refractivity contribution in [1.29, 1.82) is 0 Å². The lowest BCUT2D eigenvalue weighted by molar-refractivity contribution is -0.154. The molecule has 2 heterocycles. The summed E-state index contributed by atoms with van der Waals surface area (Å²) in [5.41, 5.74) is 0.656. The molecule has 1 aliphatic rings. The molecule has 0 radical (unpaired) electrons. The minimum Gasteiger partial charge on any atom is -0.460 e. The van der Waals surface area contributed by atoms with Gasteiger partial charge in [-0.1, -0.05) is 30.0 Å². The third kappa shape index (κ3) is 7.68. The molecule has 6 nitrogen and oxygen atoms in total. The molecule has 1 aromatic heterocycles. The number of rotatable bonds is 8. The smallest absolute Gasteiger partial charge is 0.308 e. The summed E-state index contributed by atoms with van der Waals surface area (Å²) in [7, 11) is 0. The Balaban J connectivity index is 1.53. The van der Waals surface area contributed by atoms with Gasteiger partial charge in [0.05, 0.1) is 11.3 Å². The maximum Gasteiger partial charge on any atom is 0.308 e. The van der Waals surface area contributed by atoms with Crippen molar-refractivity contribution in [3.05, 3.63) is 51.1 Å². The van der Waals surface area contributed by atoms with Gasteiger partial charge in [-0.05, 0) is 61.6 Å². The number of thioether (sulfide) groups is 1. The summed E-state index contributed by atoms with van der Waals surface area (Å²) >= 11 is 7.80. The van der Waals surface area contributed by atoms with Gasteiger partial charge in [0.25, 0.3) is 5.91 Å². The zero-order valence-corrected chi connectivity index (χ0v) is 21.8. The van der Waals surface area contributed by atoms with E-state index < -0.39 is 23.2 Å². The van der Waals surface area contributed by atoms with E-state index in [1.807, 2.05) is 0 Å². The van der Waals surface area contributed by atoms with Crippen molar-refractivity contribution < 1.29 is 27.9 Å². The number of halogens is 2. The first-order chi connectivity index (χ1) is 16.4. The zero-order valence-electron chi connectivity index (χ0n) is 19.4. The molecule has 1 N–H and O–H groups in total. The number of amides is 2. The first-order valence-electron chi connectivity index (χ1n) is 10.7. The van der Waals surface area contributed by atoms with Crippen molar-refractivity contribution >= 4 is 63.5 Å². The van der Waals surface area contributed by atoms with E-state index in [9.17, 15) is 23.2 Å². The molecule has 1 fully saturated rings. The maximum absolute atomic E-state index is 13.5. The van der Waals surface area contributed by atoms with Crippen molar-refractivity contribution in [2.24, 2.45) is 0 Å². The summed E-state index contributed by atoms with van der Waals surface area (Å²) < 4.78 is 32.2. The number of esters is 1. The predicted molar refractivity (Wildman–Crippen MR) is 138 cm³/mol. The van der Waals surface area contributed by atoms with Crippen molar-refractivity contribution in [2.45, 2.75) is 39.2 Å². The Morgan fingerprint density at radius 2 is 1.89 bits per heavy atom. The normalized spacial score (nSPS) is 15.1. The van der Waals surface area contributed by atoms with Crippen molar-refractivity contribution in [3.63, 3.8) is 0 Å². The second-order valence-corrected chi connectivity index (χ2v) is 11.3. The van der Waals surface area contributed by atoms with E-state index in [2.05, 4.69) is 5.32 Å². The van der Waals surface area contributed by atoms with Crippen molar-refractivity contribution in [3.8, 4) is 11.1 Å². The summed E-state index contributed by atoms with van der Waals surface area (Å²) in [5.74, 6) is -2.85. The summed E-state index contributed by atoms with van der Waals surface area (Å²) in [5, 5.41) is 4.43. The molecule has 0 atom stereocenters. The Hall–Kier alpha value is -2.63. The van der Waals surface area contributed by atoms with Gasteiger partial charge >= 0.3 is 5.97 Å². The van der Waals surface area contributed by atoms with Crippen LogP contribution in [-0.2, 0) is 19.1 Å². The number of hydrogen-bond acceptors (Lipinski definition) is 7. The van der Waals surface area contributed by atoms with Gasteiger partial charge in [-0.2, -0.15) is 0 Å². The first kappa shape index (κ1) is 27.0. The van der Waals surface area contributed by atoms with Gasteiger partial charge in [0.2, 0.25) is 5.91 Å². The van der Waals surface area contributed by atoms with Crippen molar-refractivity contribution in [2.75, 3.05) is 13.1 Å². The summed E-state index contributed by atoms with van der Waals surface area (Å²) in [6.45, 7) is 5.56. The molecule has 1 aromatic carbocycles. The summed E-state index contributed by atoms with van der Waals surface area (Å²) in [4.78, 5) is 39.2. The molecule has 0 aliphatic carbocycles. The fourth-order valence-corrected chi connectivity index (χ4v) is 5.30. The van der Waals surface area contributed by atoms with Crippen LogP contribution in [0.4, 0.5) is 8.78 Å². The number of thiocarbonyl (C=S) groups is 1. The Kier molecular flexibility index (Phi) is 8.79. The fraction of sp³-hybridized carbons (Fsp3) is 0.333. The second-order valence-electron chi connectivity index (χ2n) is 8.64. The largest absolute Gasteiger partial charge is 0.460 e. The molecule has 2 amide bonds. The van der Waals surface area contributed by atoms with Crippen LogP contribution in [0.15, 0.2) is 34.6 Å². The van der Waals surface area contributed by atoms with Crippen LogP contribution in [0, 0.1) is 11.6 Å². The van der Waals surface area contributed by atoms with Gasteiger partial charge in [-0.3, -0.25) is 19.3 Å². The number of nitrogens with zero attached hydrogens (tertiary/aromatic N) is 1. The van der Waals surface area contributed by atoms with E-state index in [-0.39, 0.29) is 37.7 Å². The lowest BCUT2D eigenvalue weighted by Crippen LogP contribution is -2.34. The van der Waals surface area contributed by atoms with Crippen LogP contribution in [-0.4, -0.2) is 45.7 Å². The van der Waals surface area contributed by atoms with Crippen LogP contribution in [0.3, 0.4) is 0 Å². The van der Waals surface area contributed by atoms with E-state index in [0.717, 1.165) is 28.8 Å². The van der Waals surface area contributed by atoms with Gasteiger partial charge in [-0.25, -0.2) is 8.78 Å². The SMILES string of the molecule is CC(C)(C)OC(=O)CCNC(=O)CCN1C(=O)/C(=C/c2cc(-c3ccc(F)c(F)c3)cs2)SC1=S. The number of carbonyl (C=O) groups excluding carboxylic acids is 3. The molecule has 1 saturated heterocycles. The van der Waals surface area contributed by atoms with E-state index >= 15 is 0 Å². The van der Waals surface area contributed by atoms with Crippen LogP contribution in [0.5, 0.6) is 0 Å². The third-order valence-electron chi connectivity index (χ3n) is 4.65. The summed E-state index contributed by atoms with van der Waals surface area (Å²) in [6, 6.07) is 5.46. The molecule has 0 bridgehead atoms. The molecule has 0 saturated carbocycles. The van der Waals surface area contributed by atoms with Gasteiger partial charge in [0, 0.05) is 24.4 Å². The second kappa shape index (κ2) is 11.4. The highest BCUT2D eigenvalue weighted by Crippen LogP contribution is 2.35. The van der Waals surface area contributed by atoms with Crippen LogP contribution in [0.25, 0.3) is 17.2 Å². The van der Waals surface area contributed by atoms with Crippen LogP contribution < -0.4 is 5.32 Å². The molecule has 3 rings (SSSR count). The number of ether oxygens (including phenoxy) is 1. The summed E-state index contributed by atoms with van der Waals surface area (Å²) in [6.07, 6.45) is 1.78. The van der Waals surface area contributed by atoms with E-state index in [0.29, 0.717) is 20.4 Å². The van der Waals surface area contributed by atoms with Crippen LogP contribution in [0.2, 0.25) is 0 Å². The molecular weight excluding hydrogens is 514 g/mol. The van der Waals surface area contributed by atoms with Crippen molar-refractivity contribution in [1.82, 2.24) is 10.2 Å². The third-order valence-corrected chi connectivity index (χ3v) is 6.91. The molecule has 1 aliphatic heterocycles. The number of nitrogens with one attached hydrogen (secondary N) is 1. The highest BCUT2D eigenvalue weighted by atomic mass is 32.2. The van der Waals surface area contributed by atoms with Crippen LogP contribution >= 0.6 is 35.3 Å². The first-order valence-corrected chi connectivity index (χ1v) is 12.8. The minimum absolute atomic E-state index is 0.0350. The Morgan fingerprint density at radius 1 is 1.14 bits per heavy atom. The quantitative estimate of drug-likeness (QED) is 0.285. The molecule has 2 aromatic rings. The molecule has 0 spiro atoms. The Labute approximate surface area is 215 Å². The van der Waals surface area contributed by atoms with Gasteiger partial charge in [0.1, 0.15) is 9.92 Å². The average molecular weight is 539 g/mol. The number of benzene rings is 1. The number of thiophene rings is 1. The van der Waals surface area contributed by atoms with E-state index in [1.54, 1.807) is 38.3 Å². The van der Waals surface area contributed by atoms with E-state index in [4.69, 9.17) is 17.0 Å². The minimum atomic E-state index is -0.926.